The number of alkyl halides is 3. The van der Waals surface area contributed by atoms with Crippen molar-refractivity contribution in [2.24, 2.45) is 7.05 Å². The van der Waals surface area contributed by atoms with E-state index in [1.54, 1.807) is 0 Å². The number of halogens is 4. The highest BCUT2D eigenvalue weighted by Crippen LogP contribution is 2.35. The van der Waals surface area contributed by atoms with Crippen molar-refractivity contribution >= 4 is 34.2 Å². The number of carbonyl (C=O) groups is 2. The molecule has 0 aliphatic carbocycles. The maximum Gasteiger partial charge on any atom is 0.491 e. The molecule has 0 saturated heterocycles. The molecule has 0 saturated carbocycles. The first-order chi connectivity index (χ1) is 12.7. The Hall–Kier alpha value is -3.43. The molecule has 140 valence electrons. The smallest absolute Gasteiger partial charge is 0.381 e. The summed E-state index contributed by atoms with van der Waals surface area (Å²) in [5.74, 6) is -4.93. The van der Waals surface area contributed by atoms with Crippen molar-refractivity contribution in [3.8, 4) is 0 Å². The van der Waals surface area contributed by atoms with Gasteiger partial charge in [-0.2, -0.15) is 13.2 Å². The number of pyridine rings is 1. The summed E-state index contributed by atoms with van der Waals surface area (Å²) in [5.41, 5.74) is 0.0520. The number of rotatable bonds is 3. The molecule has 6 nitrogen and oxygen atoms in total. The molecule has 0 spiro atoms. The molecule has 0 radical (unpaired) electrons. The van der Waals surface area contributed by atoms with Gasteiger partial charge >= 0.3 is 18.1 Å². The lowest BCUT2D eigenvalue weighted by atomic mass is 10.2. The Bertz CT molecular complexity index is 1030. The second-order valence-electron chi connectivity index (χ2n) is 5.45. The highest BCUT2D eigenvalue weighted by atomic mass is 19.4. The van der Waals surface area contributed by atoms with Gasteiger partial charge in [-0.05, 0) is 24.3 Å². The molecule has 0 unspecified atom stereocenters. The van der Waals surface area contributed by atoms with Crippen molar-refractivity contribution in [1.82, 2.24) is 9.55 Å². The molecular weight excluding hydrogens is 370 g/mol. The average molecular weight is 381 g/mol. The molecule has 0 bridgehead atoms. The number of benzene rings is 1. The van der Waals surface area contributed by atoms with Crippen molar-refractivity contribution in [3.05, 3.63) is 54.2 Å². The molecular formula is C17H11F4N3O3. The molecule has 27 heavy (non-hydrogen) atoms. The Morgan fingerprint density at radius 2 is 1.81 bits per heavy atom. The van der Waals surface area contributed by atoms with Crippen LogP contribution in [0.3, 0.4) is 0 Å². The van der Waals surface area contributed by atoms with Gasteiger partial charge in [0.05, 0.1) is 16.6 Å². The summed E-state index contributed by atoms with van der Waals surface area (Å²) in [4.78, 5) is 27.1. The third kappa shape index (κ3) is 3.46. The fourth-order valence-electron chi connectivity index (χ4n) is 2.58. The summed E-state index contributed by atoms with van der Waals surface area (Å²) < 4.78 is 56.7. The van der Waals surface area contributed by atoms with Gasteiger partial charge < -0.3 is 14.6 Å². The van der Waals surface area contributed by atoms with E-state index in [1.807, 2.05) is 0 Å². The zero-order valence-corrected chi connectivity index (χ0v) is 13.7. The minimum absolute atomic E-state index is 0.0387. The van der Waals surface area contributed by atoms with Crippen LogP contribution in [0.15, 0.2) is 42.7 Å². The fraction of sp³-hybridized carbons (Fsp3) is 0.118. The van der Waals surface area contributed by atoms with E-state index in [9.17, 15) is 27.2 Å². The lowest BCUT2D eigenvalue weighted by molar-refractivity contribution is -0.193. The number of nitrogens with zero attached hydrogens (tertiary/aromatic N) is 2. The predicted molar refractivity (Wildman–Crippen MR) is 86.9 cm³/mol. The Morgan fingerprint density at radius 1 is 1.15 bits per heavy atom. The van der Waals surface area contributed by atoms with Crippen molar-refractivity contribution in [3.63, 3.8) is 0 Å². The highest BCUT2D eigenvalue weighted by Gasteiger charge is 2.43. The van der Waals surface area contributed by atoms with Crippen LogP contribution in [0.25, 0.3) is 10.9 Å². The van der Waals surface area contributed by atoms with Crippen molar-refractivity contribution in [2.45, 2.75) is 6.18 Å². The summed E-state index contributed by atoms with van der Waals surface area (Å²) in [6.45, 7) is 0. The Balaban J connectivity index is 2.15. The van der Waals surface area contributed by atoms with Crippen LogP contribution >= 0.6 is 0 Å². The number of anilines is 2. The number of nitrogens with one attached hydrogen (secondary N) is 1. The van der Waals surface area contributed by atoms with Crippen LogP contribution < -0.4 is 5.32 Å². The van der Waals surface area contributed by atoms with Gasteiger partial charge in [-0.1, -0.05) is 6.07 Å². The number of hydrogen-bond donors (Lipinski definition) is 1. The molecule has 1 aromatic carbocycles. The molecule has 10 heteroatoms. The highest BCUT2D eigenvalue weighted by molar-refractivity contribution is 6.10. The number of aromatic nitrogens is 2. The first-order valence-corrected chi connectivity index (χ1v) is 7.47. The molecule has 0 atom stereocenters. The summed E-state index contributed by atoms with van der Waals surface area (Å²) in [7, 11) is 1.34. The number of hydrogen-bond acceptors (Lipinski definition) is 5. The first-order valence-electron chi connectivity index (χ1n) is 7.47. The van der Waals surface area contributed by atoms with E-state index in [4.69, 9.17) is 0 Å². The van der Waals surface area contributed by atoms with Gasteiger partial charge in [-0.15, -0.1) is 0 Å². The van der Waals surface area contributed by atoms with Gasteiger partial charge in [-0.25, -0.2) is 14.0 Å². The van der Waals surface area contributed by atoms with Gasteiger partial charge in [0, 0.05) is 25.1 Å². The van der Waals surface area contributed by atoms with E-state index < -0.39 is 29.6 Å². The van der Waals surface area contributed by atoms with Gasteiger partial charge in [0.1, 0.15) is 5.82 Å². The summed E-state index contributed by atoms with van der Waals surface area (Å²) in [6.07, 6.45) is -2.49. The minimum atomic E-state index is -5.34. The number of carbonyl (C=O) groups excluding carboxylic acids is 2. The second kappa shape index (κ2) is 6.71. The van der Waals surface area contributed by atoms with E-state index in [-0.39, 0.29) is 16.6 Å². The van der Waals surface area contributed by atoms with Crippen LogP contribution in [-0.2, 0) is 16.6 Å². The monoisotopic (exact) mass is 381 g/mol. The first kappa shape index (κ1) is 18.4. The van der Waals surface area contributed by atoms with Gasteiger partial charge in [0.2, 0.25) is 0 Å². The second-order valence-corrected chi connectivity index (χ2v) is 5.45. The Morgan fingerprint density at radius 3 is 2.44 bits per heavy atom. The van der Waals surface area contributed by atoms with E-state index in [0.29, 0.717) is 5.69 Å². The van der Waals surface area contributed by atoms with E-state index in [0.717, 1.165) is 10.6 Å². The zero-order valence-electron chi connectivity index (χ0n) is 13.7. The van der Waals surface area contributed by atoms with Gasteiger partial charge in [0.15, 0.2) is 5.69 Å². The Labute approximate surface area is 149 Å². The standard InChI is InChI=1S/C17H11F4N3O3/c1-24-11-4-2-3-10(18)12(11)13(23-9-5-7-22-8-6-9)14(24)15(25)27-16(26)17(19,20)21/h2-8H,1H3,(H,22,23). The summed E-state index contributed by atoms with van der Waals surface area (Å²) >= 11 is 0. The topological polar surface area (TPSA) is 73.2 Å². The van der Waals surface area contributed by atoms with Crippen molar-refractivity contribution in [2.75, 3.05) is 5.32 Å². The average Bonchev–Trinajstić information content (AvgIpc) is 2.88. The molecule has 2 aromatic heterocycles. The number of fused-ring (bicyclic) bond motifs is 1. The normalized spacial score (nSPS) is 11.4. The SMILES string of the molecule is Cn1c(C(=O)OC(=O)C(F)(F)F)c(Nc2ccncc2)c2c(F)cccc21. The summed E-state index contributed by atoms with van der Waals surface area (Å²) in [5, 5.41) is 2.74. The van der Waals surface area contributed by atoms with Crippen LogP contribution in [0.5, 0.6) is 0 Å². The molecule has 0 fully saturated rings. The molecule has 0 aliphatic heterocycles. The van der Waals surface area contributed by atoms with Crippen LogP contribution in [0.1, 0.15) is 10.5 Å². The summed E-state index contributed by atoms with van der Waals surface area (Å²) in [6, 6.07) is 7.00. The van der Waals surface area contributed by atoms with Crippen molar-refractivity contribution in [1.29, 1.82) is 0 Å². The van der Waals surface area contributed by atoms with E-state index in [1.165, 1.54) is 43.7 Å². The lowest BCUT2D eigenvalue weighted by Gasteiger charge is -2.10. The largest absolute Gasteiger partial charge is 0.491 e. The third-order valence-electron chi connectivity index (χ3n) is 3.74. The van der Waals surface area contributed by atoms with Crippen LogP contribution in [0.4, 0.5) is 28.9 Å². The molecule has 0 aliphatic rings. The number of ether oxygens (including phenoxy) is 1. The Kier molecular flexibility index (Phi) is 4.56. The fourth-order valence-corrected chi connectivity index (χ4v) is 2.58. The molecule has 1 N–H and O–H groups in total. The van der Waals surface area contributed by atoms with Gasteiger partial charge in [-0.3, -0.25) is 4.98 Å². The van der Waals surface area contributed by atoms with E-state index >= 15 is 0 Å². The molecule has 3 rings (SSSR count). The number of esters is 2. The maximum absolute atomic E-state index is 14.4. The van der Waals surface area contributed by atoms with Crippen LogP contribution in [0, 0.1) is 5.82 Å². The quantitative estimate of drug-likeness (QED) is 0.426. The third-order valence-corrected chi connectivity index (χ3v) is 3.74. The minimum Gasteiger partial charge on any atom is -0.381 e. The van der Waals surface area contributed by atoms with Crippen molar-refractivity contribution < 1.29 is 31.9 Å². The van der Waals surface area contributed by atoms with E-state index in [2.05, 4.69) is 15.0 Å². The number of aryl methyl sites for hydroxylation is 1. The molecule has 0 amide bonds. The molecule has 2 heterocycles. The lowest BCUT2D eigenvalue weighted by Crippen LogP contribution is -2.29. The predicted octanol–water partition coefficient (Wildman–Crippen LogP) is 3.70. The zero-order chi connectivity index (χ0) is 19.8. The van der Waals surface area contributed by atoms with Crippen LogP contribution in [0.2, 0.25) is 0 Å². The molecule has 3 aromatic rings. The van der Waals surface area contributed by atoms with Gasteiger partial charge in [0.25, 0.3) is 0 Å². The maximum atomic E-state index is 14.4. The van der Waals surface area contributed by atoms with Crippen LogP contribution in [-0.4, -0.2) is 27.7 Å².